The predicted octanol–water partition coefficient (Wildman–Crippen LogP) is 5.00. The molecule has 3 aromatic rings. The zero-order valence-electron chi connectivity index (χ0n) is 15.2. The van der Waals surface area contributed by atoms with Crippen LogP contribution in [-0.4, -0.2) is 29.9 Å². The molecule has 4 rings (SSSR count). The Labute approximate surface area is 177 Å². The smallest absolute Gasteiger partial charge is 0.258 e. The molecule has 1 aliphatic carbocycles. The van der Waals surface area contributed by atoms with Gasteiger partial charge < -0.3 is 4.90 Å². The fourth-order valence-electron chi connectivity index (χ4n) is 3.52. The van der Waals surface area contributed by atoms with Crippen molar-refractivity contribution in [2.24, 2.45) is 0 Å². The van der Waals surface area contributed by atoms with Gasteiger partial charge in [-0.2, -0.15) is 0 Å². The Balaban J connectivity index is 1.86. The zero-order valence-corrected chi connectivity index (χ0v) is 16.7. The first kappa shape index (κ1) is 19.4. The Hall–Kier alpha value is -2.95. The van der Waals surface area contributed by atoms with Crippen LogP contribution in [0.1, 0.15) is 42.2 Å². The first-order valence-electron chi connectivity index (χ1n) is 8.97. The van der Waals surface area contributed by atoms with Crippen LogP contribution in [0.2, 0.25) is 5.02 Å². The third kappa shape index (κ3) is 3.35. The summed E-state index contributed by atoms with van der Waals surface area (Å²) in [5.74, 6) is -0.673. The number of amides is 1. The maximum atomic E-state index is 13.2. The van der Waals surface area contributed by atoms with E-state index in [2.05, 4.69) is 0 Å². The van der Waals surface area contributed by atoms with Crippen molar-refractivity contribution < 1.29 is 14.4 Å². The third-order valence-corrected chi connectivity index (χ3v) is 5.29. The monoisotopic (exact) mass is 423 g/mol. The largest absolute Gasteiger partial charge is 0.306 e. The quantitative estimate of drug-likeness (QED) is 0.434. The van der Waals surface area contributed by atoms with Crippen molar-refractivity contribution in [1.82, 2.24) is 0 Å². The van der Waals surface area contributed by atoms with E-state index in [4.69, 9.17) is 23.2 Å². The molecule has 29 heavy (non-hydrogen) atoms. The number of hydrogen-bond donors (Lipinski definition) is 0. The van der Waals surface area contributed by atoms with Gasteiger partial charge in [0.2, 0.25) is 0 Å². The molecule has 0 atom stereocenters. The van der Waals surface area contributed by atoms with Crippen molar-refractivity contribution in [2.75, 3.05) is 17.3 Å². The number of ketones is 2. The van der Waals surface area contributed by atoms with Crippen molar-refractivity contribution >= 4 is 46.4 Å². The van der Waals surface area contributed by atoms with Crippen LogP contribution in [0.3, 0.4) is 0 Å². The van der Waals surface area contributed by atoms with Crippen LogP contribution >= 0.6 is 23.2 Å². The highest BCUT2D eigenvalue weighted by Crippen LogP contribution is 2.34. The normalized spacial score (nSPS) is 12.3. The Kier molecular flexibility index (Phi) is 5.22. The van der Waals surface area contributed by atoms with Gasteiger partial charge in [0, 0.05) is 39.7 Å². The molecule has 0 spiro atoms. The number of carbonyl (C=O) groups excluding carboxylic acids is 3. The summed E-state index contributed by atoms with van der Waals surface area (Å²) in [6, 6.07) is 18.1. The van der Waals surface area contributed by atoms with Gasteiger partial charge in [0.1, 0.15) is 0 Å². The molecule has 0 radical (unpaired) electrons. The summed E-state index contributed by atoms with van der Waals surface area (Å²) in [5.41, 5.74) is 2.00. The van der Waals surface area contributed by atoms with E-state index in [-0.39, 0.29) is 41.0 Å². The number of alkyl halides is 1. The van der Waals surface area contributed by atoms with E-state index in [9.17, 15) is 14.4 Å². The summed E-state index contributed by atoms with van der Waals surface area (Å²) in [6.45, 7) is 0.183. The third-order valence-electron chi connectivity index (χ3n) is 4.87. The number of rotatable bonds is 4. The molecule has 0 saturated heterocycles. The average Bonchev–Trinajstić information content (AvgIpc) is 2.75. The number of halogens is 2. The highest BCUT2D eigenvalue weighted by atomic mass is 35.5. The lowest BCUT2D eigenvalue weighted by Gasteiger charge is -2.27. The zero-order chi connectivity index (χ0) is 20.5. The molecule has 0 unspecified atom stereocenters. The number of anilines is 1. The van der Waals surface area contributed by atoms with E-state index in [1.165, 1.54) is 4.90 Å². The number of benzene rings is 3. The molecule has 6 heteroatoms. The van der Waals surface area contributed by atoms with E-state index in [1.807, 2.05) is 0 Å². The SMILES string of the molecule is O=C1c2ccccc2C(=O)c2c1cccc2N(CCCl)C(=O)c1ccc(Cl)cc1. The van der Waals surface area contributed by atoms with Crippen molar-refractivity contribution in [1.29, 1.82) is 0 Å². The molecular formula is C23H15Cl2NO3. The molecule has 0 fully saturated rings. The average molecular weight is 424 g/mol. The molecule has 0 N–H and O–H groups in total. The van der Waals surface area contributed by atoms with Gasteiger partial charge in [0.15, 0.2) is 11.6 Å². The minimum absolute atomic E-state index is 0.168. The minimum atomic E-state index is -0.324. The van der Waals surface area contributed by atoms with Gasteiger partial charge in [-0.1, -0.05) is 48.0 Å². The van der Waals surface area contributed by atoms with Gasteiger partial charge in [-0.05, 0) is 30.3 Å². The van der Waals surface area contributed by atoms with E-state index < -0.39 is 0 Å². The van der Waals surface area contributed by atoms with E-state index in [1.54, 1.807) is 66.7 Å². The fourth-order valence-corrected chi connectivity index (χ4v) is 3.81. The summed E-state index contributed by atoms with van der Waals surface area (Å²) in [5, 5.41) is 0.514. The maximum absolute atomic E-state index is 13.2. The lowest BCUT2D eigenvalue weighted by Crippen LogP contribution is -2.35. The summed E-state index contributed by atoms with van der Waals surface area (Å²) >= 11 is 11.9. The molecule has 0 aliphatic heterocycles. The number of fused-ring (bicyclic) bond motifs is 2. The first-order chi connectivity index (χ1) is 14.0. The van der Waals surface area contributed by atoms with Crippen LogP contribution in [0.25, 0.3) is 0 Å². The van der Waals surface area contributed by atoms with E-state index in [0.717, 1.165) is 0 Å². The highest BCUT2D eigenvalue weighted by molar-refractivity contribution is 6.31. The van der Waals surface area contributed by atoms with Crippen LogP contribution in [-0.2, 0) is 0 Å². The van der Waals surface area contributed by atoms with Crippen molar-refractivity contribution in [2.45, 2.75) is 0 Å². The van der Waals surface area contributed by atoms with Crippen LogP contribution in [0.5, 0.6) is 0 Å². The van der Waals surface area contributed by atoms with Crippen molar-refractivity contribution in [3.05, 3.63) is 99.6 Å². The molecule has 0 aromatic heterocycles. The number of nitrogens with zero attached hydrogens (tertiary/aromatic N) is 1. The minimum Gasteiger partial charge on any atom is -0.306 e. The van der Waals surface area contributed by atoms with Gasteiger partial charge in [0.05, 0.1) is 11.3 Å². The van der Waals surface area contributed by atoms with Crippen LogP contribution in [0.4, 0.5) is 5.69 Å². The van der Waals surface area contributed by atoms with Gasteiger partial charge in [-0.25, -0.2) is 0 Å². The second-order valence-corrected chi connectivity index (χ2v) is 7.37. The fraction of sp³-hybridized carbons (Fsp3) is 0.0870. The van der Waals surface area contributed by atoms with Crippen LogP contribution < -0.4 is 4.90 Å². The van der Waals surface area contributed by atoms with Crippen LogP contribution in [0, 0.1) is 0 Å². The second-order valence-electron chi connectivity index (χ2n) is 6.56. The first-order valence-corrected chi connectivity index (χ1v) is 9.89. The van der Waals surface area contributed by atoms with Gasteiger partial charge in [0.25, 0.3) is 5.91 Å². The topological polar surface area (TPSA) is 54.5 Å². The Morgan fingerprint density at radius 1 is 0.793 bits per heavy atom. The second kappa shape index (κ2) is 7.82. The molecule has 4 nitrogen and oxygen atoms in total. The Bertz CT molecular complexity index is 1140. The molecule has 1 aliphatic rings. The molecule has 1 amide bonds. The highest BCUT2D eigenvalue weighted by Gasteiger charge is 2.33. The van der Waals surface area contributed by atoms with Gasteiger partial charge in [-0.3, -0.25) is 14.4 Å². The molecule has 0 heterocycles. The van der Waals surface area contributed by atoms with Gasteiger partial charge >= 0.3 is 0 Å². The molecular weight excluding hydrogens is 409 g/mol. The molecule has 144 valence electrons. The molecule has 3 aromatic carbocycles. The van der Waals surface area contributed by atoms with E-state index in [0.29, 0.717) is 27.4 Å². The summed E-state index contributed by atoms with van der Waals surface area (Å²) < 4.78 is 0. The summed E-state index contributed by atoms with van der Waals surface area (Å²) in [4.78, 5) is 40.8. The van der Waals surface area contributed by atoms with Crippen LogP contribution in [0.15, 0.2) is 66.7 Å². The lowest BCUT2D eigenvalue weighted by atomic mass is 9.83. The van der Waals surface area contributed by atoms with Crippen molar-refractivity contribution in [3.8, 4) is 0 Å². The standard InChI is InChI=1S/C23H15Cl2NO3/c24-12-13-26(23(29)14-8-10-15(25)11-9-14)19-7-3-6-18-20(19)22(28)17-5-2-1-4-16(17)21(18)27/h1-11H,12-13H2. The summed E-state index contributed by atoms with van der Waals surface area (Å²) in [6.07, 6.45) is 0. The predicted molar refractivity (Wildman–Crippen MR) is 114 cm³/mol. The number of hydrogen-bond acceptors (Lipinski definition) is 3. The van der Waals surface area contributed by atoms with Gasteiger partial charge in [-0.15, -0.1) is 11.6 Å². The molecule has 0 bridgehead atoms. The molecule has 0 saturated carbocycles. The van der Waals surface area contributed by atoms with E-state index >= 15 is 0 Å². The van der Waals surface area contributed by atoms with Crippen molar-refractivity contribution in [3.63, 3.8) is 0 Å². The number of carbonyl (C=O) groups is 3. The Morgan fingerprint density at radius 3 is 2.07 bits per heavy atom. The Morgan fingerprint density at radius 2 is 1.41 bits per heavy atom. The maximum Gasteiger partial charge on any atom is 0.258 e. The summed E-state index contributed by atoms with van der Waals surface area (Å²) in [7, 11) is 0. The lowest BCUT2D eigenvalue weighted by molar-refractivity contribution is 0.0973.